The Balaban J connectivity index is 1.75. The number of aryl methyl sites for hydroxylation is 1. The number of benzene rings is 1. The van der Waals surface area contributed by atoms with Gasteiger partial charge in [-0.05, 0) is 43.7 Å². The lowest BCUT2D eigenvalue weighted by Crippen LogP contribution is -2.39. The number of rotatable bonds is 3. The molecule has 1 aromatic carbocycles. The molecule has 0 radical (unpaired) electrons. The third-order valence-electron chi connectivity index (χ3n) is 4.73. The van der Waals surface area contributed by atoms with Crippen molar-refractivity contribution in [1.29, 1.82) is 0 Å². The number of hydrogen-bond donors (Lipinski definition) is 1. The van der Waals surface area contributed by atoms with E-state index in [0.717, 1.165) is 32.2 Å². The quantitative estimate of drug-likeness (QED) is 0.927. The van der Waals surface area contributed by atoms with Gasteiger partial charge in [-0.1, -0.05) is 24.3 Å². The smallest absolute Gasteiger partial charge is 0.252 e. The summed E-state index contributed by atoms with van der Waals surface area (Å²) in [5.41, 5.74) is 8.17. The van der Waals surface area contributed by atoms with Crippen molar-refractivity contribution < 1.29 is 9.53 Å². The minimum atomic E-state index is -0.289. The van der Waals surface area contributed by atoms with Crippen LogP contribution >= 0.6 is 0 Å². The summed E-state index contributed by atoms with van der Waals surface area (Å²) in [6.07, 6.45) is 3.58. The van der Waals surface area contributed by atoms with Gasteiger partial charge in [-0.25, -0.2) is 0 Å². The van der Waals surface area contributed by atoms with Crippen LogP contribution in [0.4, 0.5) is 0 Å². The Labute approximate surface area is 126 Å². The molecule has 114 valence electrons. The molecule has 2 fully saturated rings. The van der Waals surface area contributed by atoms with Crippen molar-refractivity contribution >= 4 is 5.91 Å². The molecule has 0 saturated carbocycles. The number of carbonyl (C=O) groups excluding carboxylic acids is 1. The van der Waals surface area contributed by atoms with Crippen molar-refractivity contribution in [3.8, 4) is 0 Å². The number of amides is 1. The van der Waals surface area contributed by atoms with Crippen molar-refractivity contribution in [2.75, 3.05) is 13.1 Å². The highest BCUT2D eigenvalue weighted by Gasteiger charge is 2.38. The summed E-state index contributed by atoms with van der Waals surface area (Å²) in [4.78, 5) is 14.8. The standard InChI is InChI=1S/C17H24N2O2/c1-12-5-2-3-6-14(12)15-7-4-10-19(15)17(20)16-9-8-13(11-18)21-16/h2-3,5-6,13,15-16H,4,7-11,18H2,1H3. The molecular weight excluding hydrogens is 264 g/mol. The Kier molecular flexibility index (Phi) is 4.27. The Morgan fingerprint density at radius 2 is 2.14 bits per heavy atom. The average molecular weight is 288 g/mol. The summed E-state index contributed by atoms with van der Waals surface area (Å²) in [7, 11) is 0. The summed E-state index contributed by atoms with van der Waals surface area (Å²) in [6, 6.07) is 8.57. The molecule has 2 heterocycles. The highest BCUT2D eigenvalue weighted by Crippen LogP contribution is 2.35. The maximum atomic E-state index is 12.8. The largest absolute Gasteiger partial charge is 0.364 e. The lowest BCUT2D eigenvalue weighted by Gasteiger charge is -2.28. The molecule has 1 aromatic rings. The number of hydrogen-bond acceptors (Lipinski definition) is 3. The van der Waals surface area contributed by atoms with Crippen LogP contribution in [0.1, 0.15) is 42.9 Å². The lowest BCUT2D eigenvalue weighted by atomic mass is 9.99. The third-order valence-corrected chi connectivity index (χ3v) is 4.73. The predicted octanol–water partition coefficient (Wildman–Crippen LogP) is 2.16. The second-order valence-corrected chi connectivity index (χ2v) is 6.11. The Bertz CT molecular complexity index is 517. The van der Waals surface area contributed by atoms with Crippen LogP contribution in [-0.4, -0.2) is 36.1 Å². The number of nitrogens with two attached hydrogens (primary N) is 1. The van der Waals surface area contributed by atoms with Gasteiger partial charge in [0.1, 0.15) is 6.10 Å². The molecule has 2 saturated heterocycles. The van der Waals surface area contributed by atoms with E-state index in [4.69, 9.17) is 10.5 Å². The predicted molar refractivity (Wildman–Crippen MR) is 81.8 cm³/mol. The molecule has 2 aliphatic heterocycles. The first-order chi connectivity index (χ1) is 10.2. The van der Waals surface area contributed by atoms with E-state index in [1.54, 1.807) is 0 Å². The molecule has 3 unspecified atom stereocenters. The van der Waals surface area contributed by atoms with E-state index < -0.39 is 0 Å². The van der Waals surface area contributed by atoms with Gasteiger partial charge >= 0.3 is 0 Å². The molecule has 2 N–H and O–H groups in total. The zero-order valence-electron chi connectivity index (χ0n) is 12.6. The highest BCUT2D eigenvalue weighted by molar-refractivity contribution is 5.82. The minimum absolute atomic E-state index is 0.0541. The molecule has 4 nitrogen and oxygen atoms in total. The third kappa shape index (κ3) is 2.83. The molecule has 4 heteroatoms. The number of likely N-dealkylation sites (tertiary alicyclic amines) is 1. The minimum Gasteiger partial charge on any atom is -0.364 e. The van der Waals surface area contributed by atoms with Crippen LogP contribution in [-0.2, 0) is 9.53 Å². The normalized spacial score (nSPS) is 29.0. The van der Waals surface area contributed by atoms with E-state index in [9.17, 15) is 4.79 Å². The van der Waals surface area contributed by atoms with Crippen molar-refractivity contribution in [2.45, 2.75) is 50.9 Å². The van der Waals surface area contributed by atoms with Crippen LogP contribution < -0.4 is 5.73 Å². The van der Waals surface area contributed by atoms with Crippen LogP contribution in [0, 0.1) is 6.92 Å². The van der Waals surface area contributed by atoms with Gasteiger partial charge in [-0.3, -0.25) is 4.79 Å². The number of nitrogens with zero attached hydrogens (tertiary/aromatic N) is 1. The Hall–Kier alpha value is -1.39. The lowest BCUT2D eigenvalue weighted by molar-refractivity contribution is -0.143. The monoisotopic (exact) mass is 288 g/mol. The van der Waals surface area contributed by atoms with Crippen LogP contribution in [0.3, 0.4) is 0 Å². The molecule has 1 amide bonds. The van der Waals surface area contributed by atoms with E-state index in [1.165, 1.54) is 11.1 Å². The topological polar surface area (TPSA) is 55.6 Å². The van der Waals surface area contributed by atoms with E-state index in [-0.39, 0.29) is 24.2 Å². The molecule has 3 rings (SSSR count). The number of carbonyl (C=O) groups is 1. The van der Waals surface area contributed by atoms with Crippen LogP contribution in [0.15, 0.2) is 24.3 Å². The molecule has 0 aliphatic carbocycles. The first-order valence-electron chi connectivity index (χ1n) is 7.92. The zero-order valence-corrected chi connectivity index (χ0v) is 12.6. The fourth-order valence-electron chi connectivity index (χ4n) is 3.56. The molecule has 0 spiro atoms. The molecule has 2 aliphatic rings. The zero-order chi connectivity index (χ0) is 14.8. The van der Waals surface area contributed by atoms with Gasteiger partial charge in [-0.2, -0.15) is 0 Å². The van der Waals surface area contributed by atoms with Crippen molar-refractivity contribution in [1.82, 2.24) is 4.90 Å². The van der Waals surface area contributed by atoms with E-state index >= 15 is 0 Å². The fourth-order valence-corrected chi connectivity index (χ4v) is 3.56. The maximum absolute atomic E-state index is 12.8. The maximum Gasteiger partial charge on any atom is 0.252 e. The van der Waals surface area contributed by atoms with E-state index in [1.807, 2.05) is 11.0 Å². The molecule has 3 atom stereocenters. The molecule has 0 aromatic heterocycles. The summed E-state index contributed by atoms with van der Waals surface area (Å²) >= 11 is 0. The van der Waals surface area contributed by atoms with Gasteiger partial charge in [-0.15, -0.1) is 0 Å². The van der Waals surface area contributed by atoms with Crippen LogP contribution in [0.5, 0.6) is 0 Å². The first kappa shape index (κ1) is 14.5. The second kappa shape index (κ2) is 6.16. The average Bonchev–Trinajstić information content (AvgIpc) is 3.16. The molecular formula is C17H24N2O2. The van der Waals surface area contributed by atoms with Crippen LogP contribution in [0.2, 0.25) is 0 Å². The molecule has 0 bridgehead atoms. The highest BCUT2D eigenvalue weighted by atomic mass is 16.5. The second-order valence-electron chi connectivity index (χ2n) is 6.11. The van der Waals surface area contributed by atoms with Gasteiger partial charge in [0.2, 0.25) is 0 Å². The van der Waals surface area contributed by atoms with Crippen LogP contribution in [0.25, 0.3) is 0 Å². The van der Waals surface area contributed by atoms with Gasteiger partial charge in [0.15, 0.2) is 0 Å². The SMILES string of the molecule is Cc1ccccc1C1CCCN1C(=O)C1CCC(CN)O1. The van der Waals surface area contributed by atoms with Gasteiger partial charge in [0.25, 0.3) is 5.91 Å². The van der Waals surface area contributed by atoms with Crippen molar-refractivity contribution in [2.24, 2.45) is 5.73 Å². The summed E-state index contributed by atoms with van der Waals surface area (Å²) in [6.45, 7) is 3.46. The summed E-state index contributed by atoms with van der Waals surface area (Å²) < 4.78 is 5.78. The van der Waals surface area contributed by atoms with Gasteiger partial charge in [0, 0.05) is 13.1 Å². The Morgan fingerprint density at radius 3 is 2.86 bits per heavy atom. The van der Waals surface area contributed by atoms with Gasteiger partial charge in [0.05, 0.1) is 12.1 Å². The van der Waals surface area contributed by atoms with Crippen molar-refractivity contribution in [3.63, 3.8) is 0 Å². The Morgan fingerprint density at radius 1 is 1.33 bits per heavy atom. The van der Waals surface area contributed by atoms with Gasteiger partial charge < -0.3 is 15.4 Å². The fraction of sp³-hybridized carbons (Fsp3) is 0.588. The van der Waals surface area contributed by atoms with Crippen molar-refractivity contribution in [3.05, 3.63) is 35.4 Å². The number of ether oxygens (including phenoxy) is 1. The summed E-state index contributed by atoms with van der Waals surface area (Å²) in [5, 5.41) is 0. The first-order valence-corrected chi connectivity index (χ1v) is 7.92. The molecule has 21 heavy (non-hydrogen) atoms. The van der Waals surface area contributed by atoms with E-state index in [0.29, 0.717) is 6.54 Å². The van der Waals surface area contributed by atoms with E-state index in [2.05, 4.69) is 25.1 Å². The summed E-state index contributed by atoms with van der Waals surface area (Å²) in [5.74, 6) is 0.150.